The van der Waals surface area contributed by atoms with Crippen molar-refractivity contribution in [2.24, 2.45) is 0 Å². The Morgan fingerprint density at radius 3 is 2.57 bits per heavy atom. The van der Waals surface area contributed by atoms with Gasteiger partial charge in [-0.1, -0.05) is 59.7 Å². The summed E-state index contributed by atoms with van der Waals surface area (Å²) in [6, 6.07) is 16.3. The molecule has 0 bridgehead atoms. The highest BCUT2D eigenvalue weighted by Gasteiger charge is 2.26. The van der Waals surface area contributed by atoms with Gasteiger partial charge in [-0.3, -0.25) is 0 Å². The van der Waals surface area contributed by atoms with E-state index in [-0.39, 0.29) is 5.60 Å². The Balaban J connectivity index is 1.53. The molecule has 1 aliphatic heterocycles. The van der Waals surface area contributed by atoms with Gasteiger partial charge in [0.05, 0.1) is 0 Å². The average Bonchev–Trinajstić information content (AvgIpc) is 2.72. The fourth-order valence-corrected chi connectivity index (χ4v) is 3.56. The number of fused-ring (bicyclic) bond motifs is 1. The Bertz CT molecular complexity index is 917. The third-order valence-electron chi connectivity index (χ3n) is 5.41. The zero-order chi connectivity index (χ0) is 21.4. The second-order valence-electron chi connectivity index (χ2n) is 8.63. The van der Waals surface area contributed by atoms with Crippen LogP contribution < -0.4 is 9.47 Å². The molecule has 2 aromatic carbocycles. The first-order valence-electron chi connectivity index (χ1n) is 10.9. The molecule has 0 aromatic heterocycles. The molecule has 1 atom stereocenters. The van der Waals surface area contributed by atoms with Crippen LogP contribution in [-0.4, -0.2) is 5.60 Å². The average molecular weight is 403 g/mol. The van der Waals surface area contributed by atoms with E-state index < -0.39 is 0 Å². The number of hydrogen-bond donors (Lipinski definition) is 0. The Labute approximate surface area is 181 Å². The maximum absolute atomic E-state index is 6.35. The highest BCUT2D eigenvalue weighted by Crippen LogP contribution is 2.35. The fraction of sp³-hybridized carbons (Fsp3) is 0.357. The van der Waals surface area contributed by atoms with Crippen LogP contribution in [0.25, 0.3) is 6.08 Å². The van der Waals surface area contributed by atoms with Gasteiger partial charge in [0.1, 0.15) is 23.7 Å². The molecule has 1 unspecified atom stereocenters. The standard InChI is InChI=1S/C28H34O2/c1-22(2)10-8-11-23(3)12-9-18-28(4)19-17-25-20-26(15-16-27(25)30-28)29-21-24-13-6-5-7-14-24/h5-7,10,12-17,19-20H,8-9,11,18,21H2,1-4H3/b23-12+. The van der Waals surface area contributed by atoms with Gasteiger partial charge in [-0.15, -0.1) is 0 Å². The first-order valence-corrected chi connectivity index (χ1v) is 10.9. The summed E-state index contributed by atoms with van der Waals surface area (Å²) in [5.74, 6) is 1.79. The topological polar surface area (TPSA) is 18.5 Å². The summed E-state index contributed by atoms with van der Waals surface area (Å²) in [5, 5.41) is 0. The van der Waals surface area contributed by atoms with Gasteiger partial charge in [0.2, 0.25) is 0 Å². The zero-order valence-corrected chi connectivity index (χ0v) is 18.8. The molecule has 0 N–H and O–H groups in total. The lowest BCUT2D eigenvalue weighted by atomic mass is 9.94. The molecular weight excluding hydrogens is 368 g/mol. The molecule has 0 amide bonds. The van der Waals surface area contributed by atoms with Gasteiger partial charge in [-0.25, -0.2) is 0 Å². The van der Waals surface area contributed by atoms with Crippen molar-refractivity contribution in [2.45, 2.75) is 65.6 Å². The van der Waals surface area contributed by atoms with Gasteiger partial charge in [0.15, 0.2) is 0 Å². The van der Waals surface area contributed by atoms with Crippen LogP contribution in [0.4, 0.5) is 0 Å². The van der Waals surface area contributed by atoms with E-state index in [1.54, 1.807) is 0 Å². The summed E-state index contributed by atoms with van der Waals surface area (Å²) < 4.78 is 12.3. The third kappa shape index (κ3) is 6.66. The van der Waals surface area contributed by atoms with Crippen LogP contribution in [0.3, 0.4) is 0 Å². The van der Waals surface area contributed by atoms with E-state index in [1.165, 1.54) is 16.7 Å². The molecule has 2 heteroatoms. The largest absolute Gasteiger partial charge is 0.489 e. The lowest BCUT2D eigenvalue weighted by Gasteiger charge is -2.31. The maximum atomic E-state index is 6.35. The molecular formula is C28H34O2. The summed E-state index contributed by atoms with van der Waals surface area (Å²) in [5.41, 5.74) is 4.82. The van der Waals surface area contributed by atoms with Crippen LogP contribution in [0.15, 0.2) is 77.9 Å². The molecule has 0 aliphatic carbocycles. The number of benzene rings is 2. The van der Waals surface area contributed by atoms with Crippen molar-refractivity contribution in [3.63, 3.8) is 0 Å². The van der Waals surface area contributed by atoms with Crippen LogP contribution in [0.2, 0.25) is 0 Å². The Morgan fingerprint density at radius 1 is 1.00 bits per heavy atom. The Morgan fingerprint density at radius 2 is 1.80 bits per heavy atom. The highest BCUT2D eigenvalue weighted by atomic mass is 16.5. The molecule has 0 spiro atoms. The second kappa shape index (κ2) is 10.3. The van der Waals surface area contributed by atoms with E-state index in [4.69, 9.17) is 9.47 Å². The number of hydrogen-bond acceptors (Lipinski definition) is 2. The molecule has 158 valence electrons. The highest BCUT2D eigenvalue weighted by molar-refractivity contribution is 5.62. The van der Waals surface area contributed by atoms with Crippen molar-refractivity contribution >= 4 is 6.08 Å². The molecule has 0 saturated carbocycles. The van der Waals surface area contributed by atoms with Crippen molar-refractivity contribution < 1.29 is 9.47 Å². The molecule has 3 rings (SSSR count). The first kappa shape index (κ1) is 22.0. The van der Waals surface area contributed by atoms with Crippen molar-refractivity contribution in [1.82, 2.24) is 0 Å². The smallest absolute Gasteiger partial charge is 0.128 e. The quantitative estimate of drug-likeness (QED) is 0.397. The molecule has 0 fully saturated rings. The second-order valence-corrected chi connectivity index (χ2v) is 8.63. The van der Waals surface area contributed by atoms with E-state index in [9.17, 15) is 0 Å². The van der Waals surface area contributed by atoms with Crippen LogP contribution >= 0.6 is 0 Å². The van der Waals surface area contributed by atoms with E-state index in [2.05, 4.69) is 70.2 Å². The minimum Gasteiger partial charge on any atom is -0.489 e. The van der Waals surface area contributed by atoms with E-state index in [0.29, 0.717) is 6.61 Å². The maximum Gasteiger partial charge on any atom is 0.128 e. The fourth-order valence-electron chi connectivity index (χ4n) is 3.56. The lowest BCUT2D eigenvalue weighted by Crippen LogP contribution is -2.31. The predicted octanol–water partition coefficient (Wildman–Crippen LogP) is 7.90. The number of allylic oxidation sites excluding steroid dienone is 4. The monoisotopic (exact) mass is 402 g/mol. The minimum absolute atomic E-state index is 0.268. The zero-order valence-electron chi connectivity index (χ0n) is 18.8. The van der Waals surface area contributed by atoms with E-state index in [0.717, 1.165) is 42.7 Å². The van der Waals surface area contributed by atoms with Crippen LogP contribution in [0.5, 0.6) is 11.5 Å². The SMILES string of the molecule is CC(C)=CCC/C(C)=C/CCC1(C)C=Cc2cc(OCc3ccccc3)ccc2O1. The summed E-state index contributed by atoms with van der Waals surface area (Å²) >= 11 is 0. The summed E-state index contributed by atoms with van der Waals surface area (Å²) in [6.45, 7) is 9.27. The van der Waals surface area contributed by atoms with E-state index >= 15 is 0 Å². The first-order chi connectivity index (χ1) is 14.4. The molecule has 30 heavy (non-hydrogen) atoms. The summed E-state index contributed by atoms with van der Waals surface area (Å²) in [4.78, 5) is 0. The van der Waals surface area contributed by atoms with Crippen molar-refractivity contribution in [1.29, 1.82) is 0 Å². The van der Waals surface area contributed by atoms with Crippen molar-refractivity contribution in [2.75, 3.05) is 0 Å². The van der Waals surface area contributed by atoms with Crippen molar-refractivity contribution in [3.05, 3.63) is 89.0 Å². The third-order valence-corrected chi connectivity index (χ3v) is 5.41. The normalized spacial score (nSPS) is 17.8. The molecule has 0 saturated heterocycles. The predicted molar refractivity (Wildman–Crippen MR) is 127 cm³/mol. The Kier molecular flexibility index (Phi) is 7.57. The van der Waals surface area contributed by atoms with Gasteiger partial charge in [-0.05, 0) is 83.2 Å². The molecule has 2 nitrogen and oxygen atoms in total. The molecule has 2 aromatic rings. The van der Waals surface area contributed by atoms with Gasteiger partial charge in [0, 0.05) is 5.56 Å². The molecule has 1 heterocycles. The molecule has 1 aliphatic rings. The summed E-state index contributed by atoms with van der Waals surface area (Å²) in [7, 11) is 0. The van der Waals surface area contributed by atoms with Crippen LogP contribution in [0.1, 0.15) is 64.5 Å². The van der Waals surface area contributed by atoms with Gasteiger partial charge in [0.25, 0.3) is 0 Å². The van der Waals surface area contributed by atoms with Gasteiger partial charge >= 0.3 is 0 Å². The van der Waals surface area contributed by atoms with Crippen molar-refractivity contribution in [3.8, 4) is 11.5 Å². The number of rotatable bonds is 9. The number of ether oxygens (including phenoxy) is 2. The minimum atomic E-state index is -0.268. The molecule has 0 radical (unpaired) electrons. The van der Waals surface area contributed by atoms with Gasteiger partial charge in [-0.2, -0.15) is 0 Å². The van der Waals surface area contributed by atoms with E-state index in [1.807, 2.05) is 30.3 Å². The summed E-state index contributed by atoms with van der Waals surface area (Å²) in [6.07, 6.45) is 13.3. The van der Waals surface area contributed by atoms with Gasteiger partial charge < -0.3 is 9.47 Å². The Hall–Kier alpha value is -2.74. The lowest BCUT2D eigenvalue weighted by molar-refractivity contribution is 0.128. The van der Waals surface area contributed by atoms with Crippen LogP contribution in [-0.2, 0) is 6.61 Å². The van der Waals surface area contributed by atoms with Crippen LogP contribution in [0, 0.1) is 0 Å².